The zero-order valence-corrected chi connectivity index (χ0v) is 17.0. The first-order chi connectivity index (χ1) is 15.1. The highest BCUT2D eigenvalue weighted by atomic mass is 16.6. The van der Waals surface area contributed by atoms with Crippen LogP contribution in [0, 0.1) is 0 Å². The van der Waals surface area contributed by atoms with Crippen LogP contribution in [0.25, 0.3) is 5.57 Å². The van der Waals surface area contributed by atoms with Crippen molar-refractivity contribution in [3.05, 3.63) is 113 Å². The lowest BCUT2D eigenvalue weighted by Crippen LogP contribution is -2.41. The van der Waals surface area contributed by atoms with Gasteiger partial charge in [0.05, 0.1) is 6.54 Å². The zero-order valence-electron chi connectivity index (χ0n) is 17.0. The number of carboxylic acids is 1. The van der Waals surface area contributed by atoms with Gasteiger partial charge in [-0.2, -0.15) is 0 Å². The van der Waals surface area contributed by atoms with E-state index in [1.807, 2.05) is 72.8 Å². The molecule has 0 saturated heterocycles. The van der Waals surface area contributed by atoms with Crippen molar-refractivity contribution in [2.45, 2.75) is 19.1 Å². The minimum atomic E-state index is -1.08. The van der Waals surface area contributed by atoms with Crippen LogP contribution in [0.4, 0.5) is 4.79 Å². The lowest BCUT2D eigenvalue weighted by molar-refractivity contribution is -0.140. The van der Waals surface area contributed by atoms with Crippen LogP contribution >= 0.6 is 0 Å². The van der Waals surface area contributed by atoms with Gasteiger partial charge in [0.2, 0.25) is 0 Å². The monoisotopic (exact) mass is 413 g/mol. The van der Waals surface area contributed by atoms with E-state index in [4.69, 9.17) is 4.74 Å². The van der Waals surface area contributed by atoms with Crippen LogP contribution in [-0.4, -0.2) is 34.7 Å². The van der Waals surface area contributed by atoms with Crippen LogP contribution in [0.15, 0.2) is 91.0 Å². The minimum absolute atomic E-state index is 0.103. The van der Waals surface area contributed by atoms with Gasteiger partial charge in [0.1, 0.15) is 6.61 Å². The van der Waals surface area contributed by atoms with E-state index in [-0.39, 0.29) is 13.2 Å². The van der Waals surface area contributed by atoms with Crippen molar-refractivity contribution in [2.75, 3.05) is 6.54 Å². The molecule has 1 heterocycles. The van der Waals surface area contributed by atoms with Gasteiger partial charge in [0, 0.05) is 0 Å². The molecule has 156 valence electrons. The fourth-order valence-electron chi connectivity index (χ4n) is 3.66. The Morgan fingerprint density at radius 3 is 2.03 bits per heavy atom. The lowest BCUT2D eigenvalue weighted by Gasteiger charge is -2.21. The SMILES string of the molecule is O=C(O)[C@@H]1C=C(c2ccc(Cc3ccccc3)cc2)CN1C(=O)OCc1ccccc1. The third kappa shape index (κ3) is 5.01. The number of carboxylic acid groups (broad SMARTS) is 1. The molecule has 0 radical (unpaired) electrons. The van der Waals surface area contributed by atoms with Crippen molar-refractivity contribution in [3.63, 3.8) is 0 Å². The van der Waals surface area contributed by atoms with Crippen LogP contribution in [0.2, 0.25) is 0 Å². The largest absolute Gasteiger partial charge is 0.479 e. The molecule has 1 N–H and O–H groups in total. The summed E-state index contributed by atoms with van der Waals surface area (Å²) in [5.74, 6) is -1.08. The Bertz CT molecular complexity index is 1080. The second kappa shape index (κ2) is 9.30. The Balaban J connectivity index is 1.43. The predicted octanol–water partition coefficient (Wildman–Crippen LogP) is 4.77. The minimum Gasteiger partial charge on any atom is -0.479 e. The lowest BCUT2D eigenvalue weighted by atomic mass is 10.0. The summed E-state index contributed by atoms with van der Waals surface area (Å²) in [6.45, 7) is 0.300. The molecule has 3 aromatic carbocycles. The molecule has 0 unspecified atom stereocenters. The maximum atomic E-state index is 12.6. The molecule has 0 fully saturated rings. The summed E-state index contributed by atoms with van der Waals surface area (Å²) in [5, 5.41) is 9.60. The van der Waals surface area contributed by atoms with Gasteiger partial charge in [-0.15, -0.1) is 0 Å². The van der Waals surface area contributed by atoms with Gasteiger partial charge >= 0.3 is 12.1 Å². The van der Waals surface area contributed by atoms with Gasteiger partial charge < -0.3 is 9.84 Å². The number of hydrogen-bond donors (Lipinski definition) is 1. The number of hydrogen-bond acceptors (Lipinski definition) is 3. The summed E-state index contributed by atoms with van der Waals surface area (Å²) < 4.78 is 5.35. The first-order valence-corrected chi connectivity index (χ1v) is 10.1. The number of rotatable bonds is 6. The van der Waals surface area contributed by atoms with Gasteiger partial charge in [-0.1, -0.05) is 84.9 Å². The Morgan fingerprint density at radius 1 is 0.839 bits per heavy atom. The first kappa shape index (κ1) is 20.4. The molecule has 1 aliphatic rings. The average Bonchev–Trinajstić information content (AvgIpc) is 3.25. The Hall–Kier alpha value is -3.86. The number of benzene rings is 3. The third-order valence-corrected chi connectivity index (χ3v) is 5.30. The molecule has 0 spiro atoms. The van der Waals surface area contributed by atoms with Crippen molar-refractivity contribution in [1.82, 2.24) is 4.90 Å². The Morgan fingerprint density at radius 2 is 1.42 bits per heavy atom. The van der Waals surface area contributed by atoms with Crippen molar-refractivity contribution in [2.24, 2.45) is 0 Å². The smallest absolute Gasteiger partial charge is 0.411 e. The molecule has 0 aliphatic carbocycles. The van der Waals surface area contributed by atoms with Crippen molar-refractivity contribution >= 4 is 17.6 Å². The molecule has 4 rings (SSSR count). The number of amides is 1. The summed E-state index contributed by atoms with van der Waals surface area (Å²) in [6, 6.07) is 26.5. The highest BCUT2D eigenvalue weighted by molar-refractivity contribution is 5.89. The van der Waals surface area contributed by atoms with Gasteiger partial charge in [-0.25, -0.2) is 9.59 Å². The van der Waals surface area contributed by atoms with E-state index in [0.29, 0.717) is 0 Å². The number of carbonyl (C=O) groups excluding carboxylic acids is 1. The van der Waals surface area contributed by atoms with Crippen molar-refractivity contribution in [1.29, 1.82) is 0 Å². The normalized spacial score (nSPS) is 15.4. The van der Waals surface area contributed by atoms with Gasteiger partial charge in [-0.05, 0) is 40.3 Å². The molecule has 1 aliphatic heterocycles. The van der Waals surface area contributed by atoms with Crippen LogP contribution in [0.3, 0.4) is 0 Å². The van der Waals surface area contributed by atoms with E-state index in [1.54, 1.807) is 6.08 Å². The Kier molecular flexibility index (Phi) is 6.13. The maximum Gasteiger partial charge on any atom is 0.411 e. The second-order valence-electron chi connectivity index (χ2n) is 7.50. The molecule has 1 atom stereocenters. The molecule has 31 heavy (non-hydrogen) atoms. The number of nitrogens with zero attached hydrogens (tertiary/aromatic N) is 1. The van der Waals surface area contributed by atoms with E-state index < -0.39 is 18.1 Å². The fraction of sp³-hybridized carbons (Fsp3) is 0.154. The molecule has 3 aromatic rings. The molecular weight excluding hydrogens is 390 g/mol. The maximum absolute atomic E-state index is 12.6. The molecule has 0 aromatic heterocycles. The first-order valence-electron chi connectivity index (χ1n) is 10.1. The number of aliphatic carboxylic acids is 1. The number of ether oxygens (including phenoxy) is 1. The highest BCUT2D eigenvalue weighted by Crippen LogP contribution is 2.27. The molecule has 0 bridgehead atoms. The fourth-order valence-corrected chi connectivity index (χ4v) is 3.66. The van der Waals surface area contributed by atoms with E-state index >= 15 is 0 Å². The van der Waals surface area contributed by atoms with Gasteiger partial charge in [0.25, 0.3) is 0 Å². The van der Waals surface area contributed by atoms with E-state index in [2.05, 4.69) is 12.1 Å². The Labute approximate surface area is 181 Å². The average molecular weight is 413 g/mol. The van der Waals surface area contributed by atoms with Gasteiger partial charge in [-0.3, -0.25) is 4.90 Å². The molecule has 5 heteroatoms. The van der Waals surface area contributed by atoms with E-state index in [9.17, 15) is 14.7 Å². The molecule has 1 amide bonds. The summed E-state index contributed by atoms with van der Waals surface area (Å²) in [5.41, 5.74) is 4.96. The highest BCUT2D eigenvalue weighted by Gasteiger charge is 2.35. The topological polar surface area (TPSA) is 66.8 Å². The van der Waals surface area contributed by atoms with Crippen LogP contribution < -0.4 is 0 Å². The third-order valence-electron chi connectivity index (χ3n) is 5.30. The van der Waals surface area contributed by atoms with E-state index in [1.165, 1.54) is 16.0 Å². The second-order valence-corrected chi connectivity index (χ2v) is 7.50. The van der Waals surface area contributed by atoms with Crippen LogP contribution in [0.5, 0.6) is 0 Å². The standard InChI is InChI=1S/C26H23NO4/c28-25(29)24-16-23(17-27(24)26(30)31-18-21-9-5-2-6-10-21)22-13-11-20(12-14-22)15-19-7-3-1-4-8-19/h1-14,16,24H,15,17-18H2,(H,28,29)/t24-/m0/s1. The van der Waals surface area contributed by atoms with Gasteiger partial charge in [0.15, 0.2) is 6.04 Å². The molecule has 5 nitrogen and oxygen atoms in total. The quantitative estimate of drug-likeness (QED) is 0.632. The molecular formula is C26H23NO4. The summed E-state index contributed by atoms with van der Waals surface area (Å²) >= 11 is 0. The van der Waals surface area contributed by atoms with Crippen molar-refractivity contribution < 1.29 is 19.4 Å². The zero-order chi connectivity index (χ0) is 21.6. The summed E-state index contributed by atoms with van der Waals surface area (Å²) in [4.78, 5) is 25.6. The predicted molar refractivity (Wildman–Crippen MR) is 118 cm³/mol. The number of carbonyl (C=O) groups is 2. The summed E-state index contributed by atoms with van der Waals surface area (Å²) in [7, 11) is 0. The van der Waals surface area contributed by atoms with E-state index in [0.717, 1.165) is 23.1 Å². The molecule has 0 saturated carbocycles. The van der Waals surface area contributed by atoms with Crippen molar-refractivity contribution in [3.8, 4) is 0 Å². The summed E-state index contributed by atoms with van der Waals surface area (Å²) in [6.07, 6.45) is 1.82. The van der Waals surface area contributed by atoms with Crippen LogP contribution in [0.1, 0.15) is 22.3 Å². The van der Waals surface area contributed by atoms with Crippen LogP contribution in [-0.2, 0) is 22.6 Å².